The minimum atomic E-state index is 0.0712. The number of aromatic hydroxyl groups is 1. The molecule has 0 amide bonds. The third-order valence-corrected chi connectivity index (χ3v) is 2.22. The number of ether oxygens (including phenoxy) is 2. The van der Waals surface area contributed by atoms with Gasteiger partial charge in [-0.05, 0) is 12.1 Å². The summed E-state index contributed by atoms with van der Waals surface area (Å²) in [6.07, 6.45) is 0.160. The minimum absolute atomic E-state index is 0.0712. The van der Waals surface area contributed by atoms with Crippen LogP contribution in [0.3, 0.4) is 0 Å². The summed E-state index contributed by atoms with van der Waals surface area (Å²) < 4.78 is 10.5. The van der Waals surface area contributed by atoms with Crippen molar-refractivity contribution in [3.05, 3.63) is 18.2 Å². The number of phenols is 1. The van der Waals surface area contributed by atoms with Gasteiger partial charge in [-0.25, -0.2) is 0 Å². The monoisotopic (exact) mass is 195 g/mol. The Labute approximate surface area is 82.5 Å². The summed E-state index contributed by atoms with van der Waals surface area (Å²) in [6, 6.07) is 5.22. The van der Waals surface area contributed by atoms with Gasteiger partial charge in [0.15, 0.2) is 11.5 Å². The van der Waals surface area contributed by atoms with E-state index in [-0.39, 0.29) is 11.9 Å². The molecule has 1 aromatic rings. The lowest BCUT2D eigenvalue weighted by Gasteiger charge is -2.28. The van der Waals surface area contributed by atoms with E-state index in [0.29, 0.717) is 11.5 Å². The highest BCUT2D eigenvalue weighted by Crippen LogP contribution is 2.36. The molecule has 76 valence electrons. The van der Waals surface area contributed by atoms with Crippen LogP contribution >= 0.6 is 0 Å². The number of rotatable bonds is 3. The zero-order chi connectivity index (χ0) is 9.97. The van der Waals surface area contributed by atoms with E-state index in [2.05, 4.69) is 5.32 Å². The predicted molar refractivity (Wildman–Crippen MR) is 51.9 cm³/mol. The molecule has 1 aliphatic rings. The van der Waals surface area contributed by atoms with Crippen LogP contribution in [0.4, 0.5) is 0 Å². The molecule has 2 N–H and O–H groups in total. The maximum atomic E-state index is 9.69. The molecule has 1 heterocycles. The van der Waals surface area contributed by atoms with Crippen molar-refractivity contribution in [2.45, 2.75) is 6.10 Å². The van der Waals surface area contributed by atoms with Crippen LogP contribution < -0.4 is 14.8 Å². The number of benzene rings is 1. The Bertz CT molecular complexity index is 323. The fraction of sp³-hybridized carbons (Fsp3) is 0.400. The SMILES string of the molecule is COc1cccc(OC2CNC2)c1O. The summed E-state index contributed by atoms with van der Waals surface area (Å²) in [4.78, 5) is 0. The van der Waals surface area contributed by atoms with Crippen molar-refractivity contribution in [3.63, 3.8) is 0 Å². The highest BCUT2D eigenvalue weighted by Gasteiger charge is 2.20. The molecule has 1 aromatic carbocycles. The second kappa shape index (κ2) is 3.75. The maximum absolute atomic E-state index is 9.69. The summed E-state index contributed by atoms with van der Waals surface area (Å²) >= 11 is 0. The molecule has 0 atom stereocenters. The zero-order valence-corrected chi connectivity index (χ0v) is 7.99. The summed E-state index contributed by atoms with van der Waals surface area (Å²) in [7, 11) is 1.52. The highest BCUT2D eigenvalue weighted by atomic mass is 16.5. The van der Waals surface area contributed by atoms with Gasteiger partial charge in [0.25, 0.3) is 0 Å². The highest BCUT2D eigenvalue weighted by molar-refractivity contribution is 5.49. The zero-order valence-electron chi connectivity index (χ0n) is 7.99. The lowest BCUT2D eigenvalue weighted by Crippen LogP contribution is -2.50. The Morgan fingerprint density at radius 3 is 2.64 bits per heavy atom. The lowest BCUT2D eigenvalue weighted by molar-refractivity contribution is 0.137. The third-order valence-electron chi connectivity index (χ3n) is 2.22. The molecule has 0 aliphatic carbocycles. The van der Waals surface area contributed by atoms with E-state index in [0.717, 1.165) is 13.1 Å². The first kappa shape index (κ1) is 9.15. The van der Waals surface area contributed by atoms with Gasteiger partial charge in [-0.1, -0.05) is 6.07 Å². The van der Waals surface area contributed by atoms with Gasteiger partial charge < -0.3 is 19.9 Å². The van der Waals surface area contributed by atoms with Crippen molar-refractivity contribution in [2.75, 3.05) is 20.2 Å². The number of phenolic OH excluding ortho intramolecular Hbond substituents is 1. The second-order valence-corrected chi connectivity index (χ2v) is 3.21. The summed E-state index contributed by atoms with van der Waals surface area (Å²) in [5, 5.41) is 12.8. The number of methoxy groups -OCH3 is 1. The Morgan fingerprint density at radius 2 is 2.07 bits per heavy atom. The van der Waals surface area contributed by atoms with E-state index in [1.54, 1.807) is 18.2 Å². The van der Waals surface area contributed by atoms with Crippen molar-refractivity contribution in [1.82, 2.24) is 5.32 Å². The van der Waals surface area contributed by atoms with E-state index in [4.69, 9.17) is 9.47 Å². The molecule has 0 spiro atoms. The van der Waals surface area contributed by atoms with Gasteiger partial charge in [0.2, 0.25) is 5.75 Å². The van der Waals surface area contributed by atoms with Gasteiger partial charge in [0.05, 0.1) is 7.11 Å². The Balaban J connectivity index is 2.15. The van der Waals surface area contributed by atoms with Gasteiger partial charge in [-0.2, -0.15) is 0 Å². The molecule has 14 heavy (non-hydrogen) atoms. The average Bonchev–Trinajstić information content (AvgIpc) is 2.13. The third kappa shape index (κ3) is 1.61. The van der Waals surface area contributed by atoms with Crippen LogP contribution in [-0.2, 0) is 0 Å². The molecule has 2 rings (SSSR count). The summed E-state index contributed by atoms with van der Waals surface area (Å²) in [5.74, 6) is 0.993. The lowest BCUT2D eigenvalue weighted by atomic mass is 10.2. The molecule has 4 heteroatoms. The first-order chi connectivity index (χ1) is 6.81. The van der Waals surface area contributed by atoms with Gasteiger partial charge in [0.1, 0.15) is 6.10 Å². The van der Waals surface area contributed by atoms with Crippen LogP contribution in [0.5, 0.6) is 17.2 Å². The topological polar surface area (TPSA) is 50.7 Å². The first-order valence-corrected chi connectivity index (χ1v) is 4.54. The molecule has 0 unspecified atom stereocenters. The number of para-hydroxylation sites is 1. The quantitative estimate of drug-likeness (QED) is 0.747. The van der Waals surface area contributed by atoms with Crippen LogP contribution in [-0.4, -0.2) is 31.4 Å². The second-order valence-electron chi connectivity index (χ2n) is 3.21. The number of nitrogens with one attached hydrogen (secondary N) is 1. The summed E-state index contributed by atoms with van der Waals surface area (Å²) in [5.41, 5.74) is 0. The van der Waals surface area contributed by atoms with Crippen molar-refractivity contribution in [1.29, 1.82) is 0 Å². The van der Waals surface area contributed by atoms with Crippen LogP contribution in [0.2, 0.25) is 0 Å². The van der Waals surface area contributed by atoms with E-state index < -0.39 is 0 Å². The van der Waals surface area contributed by atoms with Crippen LogP contribution in [0.15, 0.2) is 18.2 Å². The molecule has 0 radical (unpaired) electrons. The van der Waals surface area contributed by atoms with Crippen LogP contribution in [0.25, 0.3) is 0 Å². The predicted octanol–water partition coefficient (Wildman–Crippen LogP) is 0.751. The van der Waals surface area contributed by atoms with Gasteiger partial charge >= 0.3 is 0 Å². The van der Waals surface area contributed by atoms with Gasteiger partial charge in [-0.15, -0.1) is 0 Å². The van der Waals surface area contributed by atoms with Gasteiger partial charge in [0, 0.05) is 13.1 Å². The van der Waals surface area contributed by atoms with Crippen molar-refractivity contribution >= 4 is 0 Å². The molecule has 1 fully saturated rings. The normalized spacial score (nSPS) is 16.1. The fourth-order valence-corrected chi connectivity index (χ4v) is 1.29. The number of hydrogen-bond donors (Lipinski definition) is 2. The molecule has 0 aromatic heterocycles. The van der Waals surface area contributed by atoms with Crippen molar-refractivity contribution < 1.29 is 14.6 Å². The summed E-state index contributed by atoms with van der Waals surface area (Å²) in [6.45, 7) is 1.66. The van der Waals surface area contributed by atoms with Crippen LogP contribution in [0.1, 0.15) is 0 Å². The molecular weight excluding hydrogens is 182 g/mol. The van der Waals surface area contributed by atoms with Gasteiger partial charge in [-0.3, -0.25) is 0 Å². The molecular formula is C10H13NO3. The van der Waals surface area contributed by atoms with Crippen LogP contribution in [0, 0.1) is 0 Å². The Hall–Kier alpha value is -1.42. The standard InChI is InChI=1S/C10H13NO3/c1-13-8-3-2-4-9(10(8)12)14-7-5-11-6-7/h2-4,7,11-12H,5-6H2,1H3. The van der Waals surface area contributed by atoms with E-state index in [1.165, 1.54) is 7.11 Å². The fourth-order valence-electron chi connectivity index (χ4n) is 1.29. The van der Waals surface area contributed by atoms with Crippen molar-refractivity contribution in [2.24, 2.45) is 0 Å². The van der Waals surface area contributed by atoms with Crippen molar-refractivity contribution in [3.8, 4) is 17.2 Å². The average molecular weight is 195 g/mol. The number of hydrogen-bond acceptors (Lipinski definition) is 4. The largest absolute Gasteiger partial charge is 0.502 e. The molecule has 0 saturated carbocycles. The molecule has 4 nitrogen and oxygen atoms in total. The van der Waals surface area contributed by atoms with E-state index in [9.17, 15) is 5.11 Å². The molecule has 0 bridgehead atoms. The molecule has 1 saturated heterocycles. The van der Waals surface area contributed by atoms with E-state index in [1.807, 2.05) is 0 Å². The van der Waals surface area contributed by atoms with E-state index >= 15 is 0 Å². The smallest absolute Gasteiger partial charge is 0.200 e. The molecule has 1 aliphatic heterocycles. The maximum Gasteiger partial charge on any atom is 0.200 e. The minimum Gasteiger partial charge on any atom is -0.502 e. The Kier molecular flexibility index (Phi) is 2.45. The Morgan fingerprint density at radius 1 is 1.36 bits per heavy atom. The first-order valence-electron chi connectivity index (χ1n) is 4.54.